The summed E-state index contributed by atoms with van der Waals surface area (Å²) in [7, 11) is -1.51. The zero-order valence-corrected chi connectivity index (χ0v) is 21.9. The van der Waals surface area contributed by atoms with Crippen LogP contribution >= 0.6 is 0 Å². The lowest BCUT2D eigenvalue weighted by Gasteiger charge is -2.18. The minimum Gasteiger partial charge on any atom is -0.486 e. The first-order chi connectivity index (χ1) is 17.7. The van der Waals surface area contributed by atoms with Crippen molar-refractivity contribution in [2.24, 2.45) is 0 Å². The molecule has 2 heterocycles. The maximum absolute atomic E-state index is 12.0. The minimum absolute atomic E-state index is 0.0680. The highest BCUT2D eigenvalue weighted by Gasteiger charge is 2.27. The van der Waals surface area contributed by atoms with Crippen LogP contribution in [0, 0.1) is 6.92 Å². The number of fused-ring (bicyclic) bond motifs is 1. The number of rotatable bonds is 8. The van der Waals surface area contributed by atoms with Gasteiger partial charge >= 0.3 is 0 Å². The van der Waals surface area contributed by atoms with Gasteiger partial charge in [-0.15, -0.1) is 0 Å². The third-order valence-corrected chi connectivity index (χ3v) is 7.74. The number of benzene rings is 2. The van der Waals surface area contributed by atoms with Crippen LogP contribution in [0.3, 0.4) is 0 Å². The maximum Gasteiger partial charge on any atom is 0.257 e. The molecule has 2 aromatic carbocycles. The number of ether oxygens (including phenoxy) is 2. The van der Waals surface area contributed by atoms with Gasteiger partial charge in [-0.1, -0.05) is 30.3 Å². The average molecular weight is 519 g/mol. The molecule has 8 heteroatoms. The van der Waals surface area contributed by atoms with E-state index in [1.807, 2.05) is 43.3 Å². The van der Waals surface area contributed by atoms with Crippen molar-refractivity contribution < 1.29 is 23.6 Å². The molecule has 37 heavy (non-hydrogen) atoms. The molecule has 0 spiro atoms. The summed E-state index contributed by atoms with van der Waals surface area (Å²) in [6.45, 7) is 5.91. The highest BCUT2D eigenvalue weighted by atomic mass is 32.2. The largest absolute Gasteiger partial charge is 0.486 e. The zero-order chi connectivity index (χ0) is 26.2. The third-order valence-electron chi connectivity index (χ3n) is 6.60. The van der Waals surface area contributed by atoms with Gasteiger partial charge in [0.05, 0.1) is 17.1 Å². The first-order valence-electron chi connectivity index (χ1n) is 12.3. The number of aliphatic hydroxyl groups is 1. The smallest absolute Gasteiger partial charge is 0.257 e. The molecule has 0 bridgehead atoms. The second-order valence-electron chi connectivity index (χ2n) is 9.98. The van der Waals surface area contributed by atoms with Crippen molar-refractivity contribution in [1.29, 1.82) is 0 Å². The van der Waals surface area contributed by atoms with E-state index in [1.165, 1.54) is 17.2 Å². The standard InChI is InChI=1S/C29H30N2O5S/c1-18-21(12-14-28(30-18)35-16-15-29(2,3)33)22-5-4-6-24-23(22)11-13-25(24)36-20-9-7-19(8-10-20)26-17-27(32)31-37(26)34/h4-10,12,14,17,25,33H,11,13,15-16H2,1-3H3,(H,31,32)/t25-,37?/m1/s1. The molecule has 1 unspecified atom stereocenters. The number of nitrogens with zero attached hydrogens (tertiary/aromatic N) is 1. The molecule has 2 aliphatic rings. The Labute approximate surface area is 219 Å². The van der Waals surface area contributed by atoms with Crippen LogP contribution in [0.5, 0.6) is 11.6 Å². The molecule has 1 aliphatic heterocycles. The molecule has 192 valence electrons. The Hall–Kier alpha value is -3.49. The number of nitrogens with one attached hydrogen (secondary N) is 1. The number of hydrogen-bond acceptors (Lipinski definition) is 6. The van der Waals surface area contributed by atoms with Crippen molar-refractivity contribution in [1.82, 2.24) is 9.71 Å². The highest BCUT2D eigenvalue weighted by molar-refractivity contribution is 7.93. The van der Waals surface area contributed by atoms with Crippen LogP contribution in [0.1, 0.15) is 55.2 Å². The van der Waals surface area contributed by atoms with Gasteiger partial charge in [-0.25, -0.2) is 9.19 Å². The summed E-state index contributed by atoms with van der Waals surface area (Å²) in [5.74, 6) is 0.937. The molecule has 1 aliphatic carbocycles. The predicted molar refractivity (Wildman–Crippen MR) is 143 cm³/mol. The van der Waals surface area contributed by atoms with Gasteiger partial charge in [0, 0.05) is 29.8 Å². The van der Waals surface area contributed by atoms with Gasteiger partial charge in [-0.2, -0.15) is 0 Å². The van der Waals surface area contributed by atoms with E-state index in [0.29, 0.717) is 23.8 Å². The molecule has 3 aromatic rings. The van der Waals surface area contributed by atoms with E-state index in [4.69, 9.17) is 9.47 Å². The minimum atomic E-state index is -1.51. The number of carbonyl (C=O) groups excluding carboxylic acids is 1. The van der Waals surface area contributed by atoms with E-state index in [1.54, 1.807) is 13.8 Å². The number of pyridine rings is 1. The van der Waals surface area contributed by atoms with Crippen LogP contribution in [-0.4, -0.2) is 32.4 Å². The van der Waals surface area contributed by atoms with Gasteiger partial charge in [0.25, 0.3) is 5.91 Å². The van der Waals surface area contributed by atoms with Crippen LogP contribution in [0.25, 0.3) is 16.0 Å². The Kier molecular flexibility index (Phi) is 6.88. The van der Waals surface area contributed by atoms with Crippen molar-refractivity contribution >= 4 is 21.8 Å². The van der Waals surface area contributed by atoms with Crippen LogP contribution in [0.15, 0.2) is 60.7 Å². The molecule has 0 saturated carbocycles. The van der Waals surface area contributed by atoms with Crippen LogP contribution in [-0.2, 0) is 22.2 Å². The van der Waals surface area contributed by atoms with Gasteiger partial charge in [-0.05, 0) is 74.1 Å². The molecular weight excluding hydrogens is 488 g/mol. The van der Waals surface area contributed by atoms with Crippen LogP contribution < -0.4 is 14.2 Å². The van der Waals surface area contributed by atoms with Crippen molar-refractivity contribution in [2.45, 2.75) is 51.7 Å². The topological polar surface area (TPSA) is 97.8 Å². The highest BCUT2D eigenvalue weighted by Crippen LogP contribution is 2.41. The Morgan fingerprint density at radius 1 is 1.11 bits per heavy atom. The fourth-order valence-corrected chi connectivity index (χ4v) is 5.62. The number of aryl methyl sites for hydroxylation is 1. The third kappa shape index (κ3) is 5.60. The summed E-state index contributed by atoms with van der Waals surface area (Å²) in [6, 6.07) is 17.6. The lowest BCUT2D eigenvalue weighted by atomic mass is 9.96. The summed E-state index contributed by atoms with van der Waals surface area (Å²) >= 11 is 0. The maximum atomic E-state index is 12.0. The monoisotopic (exact) mass is 518 g/mol. The number of hydrogen-bond donors (Lipinski definition) is 2. The summed E-state index contributed by atoms with van der Waals surface area (Å²) < 4.78 is 26.5. The predicted octanol–water partition coefficient (Wildman–Crippen LogP) is 4.80. The van der Waals surface area contributed by atoms with E-state index in [2.05, 4.69) is 27.9 Å². The number of aromatic nitrogens is 1. The Morgan fingerprint density at radius 3 is 2.57 bits per heavy atom. The van der Waals surface area contributed by atoms with E-state index < -0.39 is 16.6 Å². The molecule has 0 radical (unpaired) electrons. The fourth-order valence-electron chi connectivity index (χ4n) is 4.70. The lowest BCUT2D eigenvalue weighted by Crippen LogP contribution is -2.22. The Balaban J connectivity index is 1.31. The van der Waals surface area contributed by atoms with Gasteiger partial charge in [0.1, 0.15) is 11.9 Å². The number of carbonyl (C=O) groups is 1. The van der Waals surface area contributed by atoms with Gasteiger partial charge in [-0.3, -0.25) is 9.52 Å². The normalized spacial score (nSPS) is 18.8. The zero-order valence-electron chi connectivity index (χ0n) is 21.1. The van der Waals surface area contributed by atoms with Gasteiger partial charge in [0.2, 0.25) is 5.88 Å². The van der Waals surface area contributed by atoms with Crippen LogP contribution in [0.4, 0.5) is 0 Å². The van der Waals surface area contributed by atoms with Gasteiger partial charge < -0.3 is 14.6 Å². The molecular formula is C29H30N2O5S. The molecule has 5 rings (SSSR count). The second-order valence-corrected chi connectivity index (χ2v) is 11.2. The second kappa shape index (κ2) is 10.1. The summed E-state index contributed by atoms with van der Waals surface area (Å²) in [5, 5.41) is 9.88. The van der Waals surface area contributed by atoms with E-state index >= 15 is 0 Å². The summed E-state index contributed by atoms with van der Waals surface area (Å²) in [4.78, 5) is 16.6. The Bertz CT molecular complexity index is 1390. The first-order valence-corrected chi connectivity index (χ1v) is 13.5. The average Bonchev–Trinajstić information content (AvgIpc) is 3.41. The van der Waals surface area contributed by atoms with Gasteiger partial charge in [0.15, 0.2) is 11.0 Å². The fraction of sp³-hybridized carbons (Fsp3) is 0.310. The molecule has 1 aromatic heterocycles. The van der Waals surface area contributed by atoms with E-state index in [-0.39, 0.29) is 12.0 Å². The molecule has 7 nitrogen and oxygen atoms in total. The van der Waals surface area contributed by atoms with Crippen molar-refractivity contribution in [3.8, 4) is 22.8 Å². The van der Waals surface area contributed by atoms with E-state index in [9.17, 15) is 14.1 Å². The SMILES string of the molecule is Cc1nc(OCCC(C)(C)O)ccc1-c1cccc2c1CC[C@H]2Oc1ccc(C2=CC(=O)NS2=O)cc1. The van der Waals surface area contributed by atoms with Crippen molar-refractivity contribution in [3.05, 3.63) is 83.1 Å². The molecule has 1 amide bonds. The molecule has 0 saturated heterocycles. The quantitative estimate of drug-likeness (QED) is 0.445. The van der Waals surface area contributed by atoms with E-state index in [0.717, 1.165) is 41.0 Å². The Morgan fingerprint density at radius 2 is 1.89 bits per heavy atom. The lowest BCUT2D eigenvalue weighted by molar-refractivity contribution is -0.114. The molecule has 2 atom stereocenters. The molecule has 2 N–H and O–H groups in total. The number of amides is 1. The van der Waals surface area contributed by atoms with Crippen molar-refractivity contribution in [2.75, 3.05) is 6.61 Å². The molecule has 0 fully saturated rings. The summed E-state index contributed by atoms with van der Waals surface area (Å²) in [5.41, 5.74) is 5.50. The summed E-state index contributed by atoms with van der Waals surface area (Å²) in [6.07, 6.45) is 3.59. The van der Waals surface area contributed by atoms with Crippen molar-refractivity contribution in [3.63, 3.8) is 0 Å². The van der Waals surface area contributed by atoms with Crippen LogP contribution in [0.2, 0.25) is 0 Å². The first kappa shape index (κ1) is 25.2.